The molecule has 138 valence electrons. The summed E-state index contributed by atoms with van der Waals surface area (Å²) in [6.07, 6.45) is 7.20. The fourth-order valence-electron chi connectivity index (χ4n) is 3.13. The smallest absolute Gasteiger partial charge is 0.324 e. The van der Waals surface area contributed by atoms with E-state index >= 15 is 0 Å². The van der Waals surface area contributed by atoms with Crippen molar-refractivity contribution in [3.8, 4) is 0 Å². The number of amides is 1. The average molecular weight is 375 g/mol. The molecule has 2 unspecified atom stereocenters. The average Bonchev–Trinajstić information content (AvgIpc) is 2.56. The SMILES string of the molecule is CCCCCNC1S[C@@H]2CC(=O)N2CC1(SCCCCC)C(=O)O. The molecule has 0 radical (unpaired) electrons. The summed E-state index contributed by atoms with van der Waals surface area (Å²) in [5, 5.41) is 13.5. The van der Waals surface area contributed by atoms with Gasteiger partial charge in [-0.2, -0.15) is 0 Å². The number of aliphatic carboxylic acids is 1. The molecule has 0 saturated carbocycles. The zero-order valence-electron chi connectivity index (χ0n) is 14.8. The van der Waals surface area contributed by atoms with E-state index in [1.54, 1.807) is 16.7 Å². The van der Waals surface area contributed by atoms with E-state index in [4.69, 9.17) is 0 Å². The summed E-state index contributed by atoms with van der Waals surface area (Å²) in [5.41, 5.74) is 0. The van der Waals surface area contributed by atoms with Gasteiger partial charge in [-0.05, 0) is 25.1 Å². The Bertz CT molecular complexity index is 450. The number of unbranched alkanes of at least 4 members (excludes halogenated alkanes) is 4. The van der Waals surface area contributed by atoms with Crippen LogP contribution in [0.25, 0.3) is 0 Å². The number of rotatable bonds is 11. The van der Waals surface area contributed by atoms with Gasteiger partial charge in [0, 0.05) is 6.54 Å². The predicted octanol–water partition coefficient (Wildman–Crippen LogP) is 3.14. The Morgan fingerprint density at radius 3 is 2.67 bits per heavy atom. The van der Waals surface area contributed by atoms with E-state index in [-0.39, 0.29) is 16.7 Å². The molecule has 24 heavy (non-hydrogen) atoms. The van der Waals surface area contributed by atoms with Gasteiger partial charge in [-0.3, -0.25) is 9.59 Å². The molecule has 0 aromatic carbocycles. The molecule has 3 atom stereocenters. The van der Waals surface area contributed by atoms with Crippen LogP contribution in [-0.4, -0.2) is 56.2 Å². The molecule has 2 saturated heterocycles. The quantitative estimate of drug-likeness (QED) is 0.428. The Labute approximate surface area is 153 Å². The number of fused-ring (bicyclic) bond motifs is 1. The summed E-state index contributed by atoms with van der Waals surface area (Å²) in [7, 11) is 0. The summed E-state index contributed by atoms with van der Waals surface area (Å²) in [5.74, 6) is 0.139. The second kappa shape index (κ2) is 9.34. The number of β-lactam (4-membered cyclic amide) rings is 1. The highest BCUT2D eigenvalue weighted by atomic mass is 32.2. The van der Waals surface area contributed by atoms with Crippen LogP contribution in [-0.2, 0) is 9.59 Å². The summed E-state index contributed by atoms with van der Waals surface area (Å²) in [4.78, 5) is 25.8. The maximum Gasteiger partial charge on any atom is 0.324 e. The highest BCUT2D eigenvalue weighted by Gasteiger charge is 2.57. The fraction of sp³-hybridized carbons (Fsp3) is 0.882. The monoisotopic (exact) mass is 374 g/mol. The molecular formula is C17H30N2O3S2. The molecule has 2 rings (SSSR count). The molecule has 7 heteroatoms. The molecule has 0 aromatic heterocycles. The lowest BCUT2D eigenvalue weighted by Crippen LogP contribution is -2.69. The lowest BCUT2D eigenvalue weighted by molar-refractivity contribution is -0.147. The lowest BCUT2D eigenvalue weighted by Gasteiger charge is -2.53. The normalized spacial score (nSPS) is 29.2. The number of carboxylic acids is 1. The highest BCUT2D eigenvalue weighted by Crippen LogP contribution is 2.47. The number of thioether (sulfide) groups is 2. The van der Waals surface area contributed by atoms with Crippen LogP contribution in [0, 0.1) is 0 Å². The van der Waals surface area contributed by atoms with E-state index in [1.165, 1.54) is 11.8 Å². The number of hydrogen-bond donors (Lipinski definition) is 2. The Balaban J connectivity index is 2.06. The van der Waals surface area contributed by atoms with Crippen LogP contribution < -0.4 is 5.32 Å². The Morgan fingerprint density at radius 1 is 1.33 bits per heavy atom. The summed E-state index contributed by atoms with van der Waals surface area (Å²) in [6.45, 7) is 5.49. The minimum Gasteiger partial charge on any atom is -0.480 e. The molecule has 2 aliphatic heterocycles. The number of carbonyl (C=O) groups excluding carboxylic acids is 1. The van der Waals surface area contributed by atoms with Crippen LogP contribution in [0.4, 0.5) is 0 Å². The van der Waals surface area contributed by atoms with E-state index in [0.717, 1.165) is 50.8 Å². The van der Waals surface area contributed by atoms with Crippen LogP contribution in [0.15, 0.2) is 0 Å². The zero-order chi connectivity index (χ0) is 17.6. The van der Waals surface area contributed by atoms with Crippen molar-refractivity contribution in [1.82, 2.24) is 10.2 Å². The van der Waals surface area contributed by atoms with Gasteiger partial charge in [0.15, 0.2) is 4.75 Å². The maximum absolute atomic E-state index is 12.2. The van der Waals surface area contributed by atoms with Crippen molar-refractivity contribution >= 4 is 35.4 Å². The minimum atomic E-state index is -0.933. The number of hydrogen-bond acceptors (Lipinski definition) is 5. The molecule has 2 aliphatic rings. The molecule has 0 bridgehead atoms. The molecule has 2 N–H and O–H groups in total. The standard InChI is InChI=1S/C17H30N2O3S2/c1-3-5-7-9-18-15-17(16(21)22,23-10-8-6-4-2)12-19-13(20)11-14(19)24-15/h14-15,18H,3-12H2,1-2H3,(H,21,22)/t14-,15?,17?/m1/s1. The largest absolute Gasteiger partial charge is 0.480 e. The molecule has 0 aliphatic carbocycles. The van der Waals surface area contributed by atoms with Gasteiger partial charge in [0.1, 0.15) is 0 Å². The second-order valence-corrected chi connectivity index (χ2v) is 9.32. The van der Waals surface area contributed by atoms with Crippen LogP contribution in [0.1, 0.15) is 58.8 Å². The van der Waals surface area contributed by atoms with E-state index in [9.17, 15) is 14.7 Å². The first-order valence-electron chi connectivity index (χ1n) is 9.10. The maximum atomic E-state index is 12.2. The van der Waals surface area contributed by atoms with Crippen LogP contribution in [0.3, 0.4) is 0 Å². The molecule has 0 aromatic rings. The Kier molecular flexibility index (Phi) is 7.75. The van der Waals surface area contributed by atoms with Crippen molar-refractivity contribution in [1.29, 1.82) is 0 Å². The van der Waals surface area contributed by atoms with Crippen molar-refractivity contribution in [2.45, 2.75) is 74.3 Å². The first-order valence-corrected chi connectivity index (χ1v) is 11.0. The van der Waals surface area contributed by atoms with Crippen molar-refractivity contribution in [2.75, 3.05) is 18.8 Å². The van der Waals surface area contributed by atoms with E-state index < -0.39 is 10.7 Å². The van der Waals surface area contributed by atoms with E-state index in [2.05, 4.69) is 19.2 Å². The number of carboxylic acid groups (broad SMARTS) is 1. The van der Waals surface area contributed by atoms with Crippen molar-refractivity contribution in [3.05, 3.63) is 0 Å². The van der Waals surface area contributed by atoms with E-state index in [0.29, 0.717) is 13.0 Å². The van der Waals surface area contributed by atoms with Crippen LogP contribution >= 0.6 is 23.5 Å². The molecule has 1 amide bonds. The third kappa shape index (κ3) is 4.41. The second-order valence-electron chi connectivity index (χ2n) is 6.61. The fourth-order valence-corrected chi connectivity index (χ4v) is 6.30. The summed E-state index contributed by atoms with van der Waals surface area (Å²) in [6, 6.07) is 0. The first kappa shape index (κ1) is 19.9. The minimum absolute atomic E-state index is 0.0942. The Hall–Kier alpha value is -0.400. The highest BCUT2D eigenvalue weighted by molar-refractivity contribution is 8.05. The molecule has 2 fully saturated rings. The third-order valence-electron chi connectivity index (χ3n) is 4.72. The van der Waals surface area contributed by atoms with Gasteiger partial charge in [0.05, 0.1) is 17.2 Å². The predicted molar refractivity (Wildman–Crippen MR) is 101 cm³/mol. The summed E-state index contributed by atoms with van der Waals surface area (Å²) >= 11 is 3.16. The molecule has 0 spiro atoms. The van der Waals surface area contributed by atoms with E-state index in [1.807, 2.05) is 0 Å². The number of nitrogens with zero attached hydrogens (tertiary/aromatic N) is 1. The molecule has 2 heterocycles. The number of nitrogens with one attached hydrogen (secondary N) is 1. The Morgan fingerprint density at radius 2 is 2.04 bits per heavy atom. The topological polar surface area (TPSA) is 69.6 Å². The van der Waals surface area contributed by atoms with Gasteiger partial charge in [-0.15, -0.1) is 23.5 Å². The third-order valence-corrected chi connectivity index (χ3v) is 7.99. The van der Waals surface area contributed by atoms with Crippen LogP contribution in [0.5, 0.6) is 0 Å². The van der Waals surface area contributed by atoms with Crippen molar-refractivity contribution in [3.63, 3.8) is 0 Å². The van der Waals surface area contributed by atoms with Gasteiger partial charge < -0.3 is 15.3 Å². The van der Waals surface area contributed by atoms with Crippen molar-refractivity contribution < 1.29 is 14.7 Å². The lowest BCUT2D eigenvalue weighted by atomic mass is 10.0. The van der Waals surface area contributed by atoms with Gasteiger partial charge in [0.2, 0.25) is 5.91 Å². The molecule has 5 nitrogen and oxygen atoms in total. The zero-order valence-corrected chi connectivity index (χ0v) is 16.4. The van der Waals surface area contributed by atoms with Gasteiger partial charge in [-0.25, -0.2) is 0 Å². The molecular weight excluding hydrogens is 344 g/mol. The first-order chi connectivity index (χ1) is 11.5. The van der Waals surface area contributed by atoms with Gasteiger partial charge >= 0.3 is 5.97 Å². The van der Waals surface area contributed by atoms with Gasteiger partial charge in [-0.1, -0.05) is 39.5 Å². The van der Waals surface area contributed by atoms with Crippen LogP contribution in [0.2, 0.25) is 0 Å². The summed E-state index contributed by atoms with van der Waals surface area (Å²) < 4.78 is -0.933. The number of carbonyl (C=O) groups is 2. The van der Waals surface area contributed by atoms with Crippen molar-refractivity contribution in [2.24, 2.45) is 0 Å². The van der Waals surface area contributed by atoms with Gasteiger partial charge in [0.25, 0.3) is 0 Å².